The number of aliphatic hydroxyl groups is 1. The second kappa shape index (κ2) is 5.31. The minimum Gasteiger partial charge on any atom is -0.372 e. The van der Waals surface area contributed by atoms with Crippen molar-refractivity contribution in [3.05, 3.63) is 65.7 Å². The smallest absolute Gasteiger partial charge is 0.258 e. The van der Waals surface area contributed by atoms with Gasteiger partial charge in [0.1, 0.15) is 0 Å². The molecule has 2 rings (SSSR count). The third kappa shape index (κ3) is 2.81. The van der Waals surface area contributed by atoms with Crippen molar-refractivity contribution in [2.24, 2.45) is 5.73 Å². The molecule has 0 aliphatic carbocycles. The summed E-state index contributed by atoms with van der Waals surface area (Å²) < 4.78 is 22.9. The van der Waals surface area contributed by atoms with Crippen molar-refractivity contribution < 1.29 is 18.3 Å². The Hall–Kier alpha value is -2.18. The van der Waals surface area contributed by atoms with Crippen LogP contribution in [0.4, 0.5) is 0 Å². The van der Waals surface area contributed by atoms with E-state index in [9.17, 15) is 18.3 Å². The maximum atomic E-state index is 11.8. The molecule has 1 unspecified atom stereocenters. The highest BCUT2D eigenvalue weighted by Gasteiger charge is 2.38. The molecule has 110 valence electrons. The van der Waals surface area contributed by atoms with Crippen LogP contribution in [-0.2, 0) is 20.2 Å². The van der Waals surface area contributed by atoms with Crippen molar-refractivity contribution in [2.45, 2.75) is 10.5 Å². The van der Waals surface area contributed by atoms with Crippen molar-refractivity contribution in [1.82, 2.24) is 0 Å². The van der Waals surface area contributed by atoms with Gasteiger partial charge in [-0.2, -0.15) is 0 Å². The molecule has 2 aromatic rings. The fourth-order valence-corrected chi connectivity index (χ4v) is 2.70. The van der Waals surface area contributed by atoms with Crippen LogP contribution < -0.4 is 5.73 Å². The SMILES string of the molecule is CS(=O)(=O)c1ccc(C(O)(C(N)=O)c2ccccc2)cc1. The first-order chi connectivity index (χ1) is 9.76. The van der Waals surface area contributed by atoms with Gasteiger partial charge in [0.25, 0.3) is 5.91 Å². The van der Waals surface area contributed by atoms with Gasteiger partial charge in [-0.15, -0.1) is 0 Å². The zero-order chi connectivity index (χ0) is 15.7. The lowest BCUT2D eigenvalue weighted by atomic mass is 9.86. The quantitative estimate of drug-likeness (QED) is 0.873. The van der Waals surface area contributed by atoms with Crippen LogP contribution in [0.5, 0.6) is 0 Å². The van der Waals surface area contributed by atoms with Gasteiger partial charge in [0, 0.05) is 6.26 Å². The number of benzene rings is 2. The summed E-state index contributed by atoms with van der Waals surface area (Å²) in [5.74, 6) is -0.930. The Balaban J connectivity index is 2.57. The average molecular weight is 305 g/mol. The highest BCUT2D eigenvalue weighted by Crippen LogP contribution is 2.30. The van der Waals surface area contributed by atoms with E-state index in [-0.39, 0.29) is 10.5 Å². The number of sulfone groups is 1. The maximum Gasteiger partial charge on any atom is 0.258 e. The van der Waals surface area contributed by atoms with Gasteiger partial charge in [0.2, 0.25) is 0 Å². The van der Waals surface area contributed by atoms with Crippen LogP contribution in [0, 0.1) is 0 Å². The Kier molecular flexibility index (Phi) is 3.85. The molecule has 0 bridgehead atoms. The van der Waals surface area contributed by atoms with Gasteiger partial charge >= 0.3 is 0 Å². The summed E-state index contributed by atoms with van der Waals surface area (Å²) in [4.78, 5) is 11.9. The van der Waals surface area contributed by atoms with E-state index in [1.54, 1.807) is 30.3 Å². The highest BCUT2D eigenvalue weighted by atomic mass is 32.2. The van der Waals surface area contributed by atoms with Crippen molar-refractivity contribution in [3.8, 4) is 0 Å². The van der Waals surface area contributed by atoms with E-state index in [0.29, 0.717) is 5.56 Å². The maximum absolute atomic E-state index is 11.8. The Bertz CT molecular complexity index is 754. The van der Waals surface area contributed by atoms with Gasteiger partial charge in [-0.05, 0) is 23.3 Å². The van der Waals surface area contributed by atoms with Crippen molar-refractivity contribution in [3.63, 3.8) is 0 Å². The molecule has 0 spiro atoms. The van der Waals surface area contributed by atoms with Gasteiger partial charge in [-0.25, -0.2) is 8.42 Å². The summed E-state index contributed by atoms with van der Waals surface area (Å²) in [6.07, 6.45) is 1.08. The molecule has 0 radical (unpaired) electrons. The van der Waals surface area contributed by atoms with Crippen molar-refractivity contribution >= 4 is 15.7 Å². The Labute approximate surface area is 123 Å². The molecule has 0 aliphatic heterocycles. The first-order valence-corrected chi connectivity index (χ1v) is 8.04. The Morgan fingerprint density at radius 3 is 1.90 bits per heavy atom. The van der Waals surface area contributed by atoms with E-state index < -0.39 is 21.3 Å². The molecule has 0 heterocycles. The number of carbonyl (C=O) groups is 1. The fourth-order valence-electron chi connectivity index (χ4n) is 2.07. The summed E-state index contributed by atoms with van der Waals surface area (Å²) >= 11 is 0. The minimum absolute atomic E-state index is 0.103. The molecule has 21 heavy (non-hydrogen) atoms. The largest absolute Gasteiger partial charge is 0.372 e. The van der Waals surface area contributed by atoms with Crippen LogP contribution in [0.1, 0.15) is 11.1 Å². The number of primary amides is 1. The van der Waals surface area contributed by atoms with Crippen LogP contribution in [0.2, 0.25) is 0 Å². The number of carbonyl (C=O) groups excluding carboxylic acids is 1. The molecule has 1 amide bonds. The van der Waals surface area contributed by atoms with E-state index in [2.05, 4.69) is 0 Å². The molecule has 6 heteroatoms. The molecule has 0 aliphatic rings. The van der Waals surface area contributed by atoms with Gasteiger partial charge in [-0.1, -0.05) is 42.5 Å². The summed E-state index contributed by atoms with van der Waals surface area (Å²) in [6.45, 7) is 0. The Morgan fingerprint density at radius 2 is 1.48 bits per heavy atom. The van der Waals surface area contributed by atoms with Crippen LogP contribution in [0.25, 0.3) is 0 Å². The minimum atomic E-state index is -3.35. The third-order valence-electron chi connectivity index (χ3n) is 3.25. The van der Waals surface area contributed by atoms with E-state index in [1.807, 2.05) is 0 Å². The molecule has 3 N–H and O–H groups in total. The lowest BCUT2D eigenvalue weighted by Gasteiger charge is -2.25. The first kappa shape index (κ1) is 15.2. The molecule has 0 saturated carbocycles. The summed E-state index contributed by atoms with van der Waals surface area (Å²) in [5.41, 5.74) is 3.89. The number of nitrogens with two attached hydrogens (primary N) is 1. The molecule has 1 atom stereocenters. The zero-order valence-electron chi connectivity index (χ0n) is 11.4. The lowest BCUT2D eigenvalue weighted by molar-refractivity contribution is -0.133. The average Bonchev–Trinajstić information content (AvgIpc) is 2.46. The predicted octanol–water partition coefficient (Wildman–Crippen LogP) is 0.811. The molecular weight excluding hydrogens is 290 g/mol. The lowest BCUT2D eigenvalue weighted by Crippen LogP contribution is -2.42. The van der Waals surface area contributed by atoms with Crippen LogP contribution in [0.3, 0.4) is 0 Å². The van der Waals surface area contributed by atoms with Gasteiger partial charge in [0.05, 0.1) is 4.90 Å². The van der Waals surface area contributed by atoms with E-state index in [0.717, 1.165) is 6.26 Å². The normalized spacial score (nSPS) is 14.4. The molecular formula is C15H15NO4S. The fraction of sp³-hybridized carbons (Fsp3) is 0.133. The third-order valence-corrected chi connectivity index (χ3v) is 4.38. The highest BCUT2D eigenvalue weighted by molar-refractivity contribution is 7.90. The molecule has 5 nitrogen and oxygen atoms in total. The van der Waals surface area contributed by atoms with Gasteiger partial charge < -0.3 is 10.8 Å². The second-order valence-electron chi connectivity index (χ2n) is 4.74. The topological polar surface area (TPSA) is 97.5 Å². The summed E-state index contributed by atoms with van der Waals surface area (Å²) in [7, 11) is -3.35. The molecule has 0 aromatic heterocycles. The number of hydrogen-bond acceptors (Lipinski definition) is 4. The monoisotopic (exact) mass is 305 g/mol. The molecule has 0 fully saturated rings. The van der Waals surface area contributed by atoms with Crippen LogP contribution in [0.15, 0.2) is 59.5 Å². The van der Waals surface area contributed by atoms with Gasteiger partial charge in [-0.3, -0.25) is 4.79 Å². The predicted molar refractivity (Wildman–Crippen MR) is 78.2 cm³/mol. The first-order valence-electron chi connectivity index (χ1n) is 6.14. The zero-order valence-corrected chi connectivity index (χ0v) is 12.2. The second-order valence-corrected chi connectivity index (χ2v) is 6.75. The number of amides is 1. The standard InChI is InChI=1S/C15H15NO4S/c1-21(19,20)13-9-7-12(8-10-13)15(18,14(16)17)11-5-3-2-4-6-11/h2-10,18H,1H3,(H2,16,17). The Morgan fingerprint density at radius 1 is 1.00 bits per heavy atom. The molecule has 2 aromatic carbocycles. The van der Waals surface area contributed by atoms with Crippen LogP contribution >= 0.6 is 0 Å². The summed E-state index contributed by atoms with van der Waals surface area (Å²) in [6, 6.07) is 13.7. The van der Waals surface area contributed by atoms with Gasteiger partial charge in [0.15, 0.2) is 15.4 Å². The number of rotatable bonds is 4. The van der Waals surface area contributed by atoms with Crippen LogP contribution in [-0.4, -0.2) is 25.7 Å². The van der Waals surface area contributed by atoms with E-state index in [1.165, 1.54) is 24.3 Å². The van der Waals surface area contributed by atoms with Crippen molar-refractivity contribution in [2.75, 3.05) is 6.26 Å². The number of hydrogen-bond donors (Lipinski definition) is 2. The molecule has 0 saturated heterocycles. The van der Waals surface area contributed by atoms with E-state index >= 15 is 0 Å². The van der Waals surface area contributed by atoms with Crippen molar-refractivity contribution in [1.29, 1.82) is 0 Å². The summed E-state index contributed by atoms with van der Waals surface area (Å²) in [5, 5.41) is 10.7. The van der Waals surface area contributed by atoms with E-state index in [4.69, 9.17) is 5.73 Å².